The number of aliphatic imine (C=N–C) groups is 1. The van der Waals surface area contributed by atoms with Gasteiger partial charge in [0.05, 0.1) is 10.7 Å². The predicted octanol–water partition coefficient (Wildman–Crippen LogP) is 3.06. The van der Waals surface area contributed by atoms with E-state index in [2.05, 4.69) is 22.5 Å². The number of benzene rings is 1. The van der Waals surface area contributed by atoms with Gasteiger partial charge >= 0.3 is 0 Å². The number of rotatable bonds is 6. The number of hydrogen-bond donors (Lipinski definition) is 2. The van der Waals surface area contributed by atoms with E-state index >= 15 is 0 Å². The summed E-state index contributed by atoms with van der Waals surface area (Å²) in [5, 5.41) is 6.07. The molecule has 1 aromatic carbocycles. The third kappa shape index (κ3) is 4.74. The summed E-state index contributed by atoms with van der Waals surface area (Å²) in [6, 6.07) is 7.00. The highest BCUT2D eigenvalue weighted by Gasteiger charge is 2.31. The summed E-state index contributed by atoms with van der Waals surface area (Å²) in [6.45, 7) is 2.78. The minimum Gasteiger partial charge on any atom is -0.325 e. The van der Waals surface area contributed by atoms with Gasteiger partial charge in [-0.25, -0.2) is 0 Å². The van der Waals surface area contributed by atoms with E-state index in [1.165, 1.54) is 11.8 Å². The molecule has 0 spiro atoms. The Hall–Kier alpha value is -1.53. The molecule has 0 aromatic heterocycles. The first-order chi connectivity index (χ1) is 10.6. The highest BCUT2D eigenvalue weighted by atomic mass is 35.5. The molecular formula is C15H18ClN3O2S. The van der Waals surface area contributed by atoms with Crippen LogP contribution in [0.15, 0.2) is 29.3 Å². The molecule has 5 nitrogen and oxygen atoms in total. The second-order valence-electron chi connectivity index (χ2n) is 4.87. The third-order valence-corrected chi connectivity index (χ3v) is 4.51. The van der Waals surface area contributed by atoms with Crippen LogP contribution in [0, 0.1) is 0 Å². The third-order valence-electron chi connectivity index (χ3n) is 3.06. The summed E-state index contributed by atoms with van der Waals surface area (Å²) in [6.07, 6.45) is 2.13. The summed E-state index contributed by atoms with van der Waals surface area (Å²) < 4.78 is 0. The molecule has 1 saturated heterocycles. The van der Waals surface area contributed by atoms with Gasteiger partial charge in [-0.3, -0.25) is 14.6 Å². The van der Waals surface area contributed by atoms with E-state index in [9.17, 15) is 9.59 Å². The van der Waals surface area contributed by atoms with Gasteiger partial charge in [-0.05, 0) is 18.6 Å². The van der Waals surface area contributed by atoms with E-state index in [1.54, 1.807) is 24.3 Å². The molecule has 0 aliphatic carbocycles. The number of nitrogens with zero attached hydrogens (tertiary/aromatic N) is 1. The van der Waals surface area contributed by atoms with Crippen LogP contribution >= 0.6 is 23.4 Å². The first kappa shape index (κ1) is 16.8. The average molecular weight is 340 g/mol. The highest BCUT2D eigenvalue weighted by Crippen LogP contribution is 2.25. The fourth-order valence-corrected chi connectivity index (χ4v) is 3.06. The number of para-hydroxylation sites is 1. The lowest BCUT2D eigenvalue weighted by molar-refractivity contribution is -0.122. The number of amides is 2. The zero-order valence-electron chi connectivity index (χ0n) is 12.3. The molecule has 7 heteroatoms. The number of amidine groups is 1. The number of anilines is 1. The van der Waals surface area contributed by atoms with Crippen LogP contribution in [0.5, 0.6) is 0 Å². The Morgan fingerprint density at radius 2 is 2.23 bits per heavy atom. The predicted molar refractivity (Wildman–Crippen MR) is 91.4 cm³/mol. The fourth-order valence-electron chi connectivity index (χ4n) is 1.89. The number of nitrogens with one attached hydrogen (secondary N) is 2. The van der Waals surface area contributed by atoms with Crippen molar-refractivity contribution in [3.8, 4) is 0 Å². The van der Waals surface area contributed by atoms with E-state index in [1.807, 2.05) is 0 Å². The molecule has 2 N–H and O–H groups in total. The van der Waals surface area contributed by atoms with Gasteiger partial charge in [0, 0.05) is 13.0 Å². The Morgan fingerprint density at radius 1 is 1.45 bits per heavy atom. The number of halogens is 1. The van der Waals surface area contributed by atoms with Gasteiger partial charge in [0.15, 0.2) is 5.17 Å². The molecule has 22 heavy (non-hydrogen) atoms. The molecule has 0 radical (unpaired) electrons. The van der Waals surface area contributed by atoms with Crippen LogP contribution in [0.4, 0.5) is 5.69 Å². The van der Waals surface area contributed by atoms with Crippen molar-refractivity contribution in [3.63, 3.8) is 0 Å². The van der Waals surface area contributed by atoms with Gasteiger partial charge in [-0.2, -0.15) is 0 Å². The van der Waals surface area contributed by atoms with Crippen molar-refractivity contribution >= 4 is 46.0 Å². The topological polar surface area (TPSA) is 70.6 Å². The van der Waals surface area contributed by atoms with E-state index in [4.69, 9.17) is 11.6 Å². The Kier molecular flexibility index (Phi) is 6.27. The molecule has 1 atom stereocenters. The SMILES string of the molecule is CCCCN=C1NC(=O)[C@@H](CC(=O)Nc2ccccc2Cl)S1. The number of carbonyl (C=O) groups excluding carboxylic acids is 2. The Bertz CT molecular complexity index is 592. The van der Waals surface area contributed by atoms with E-state index < -0.39 is 5.25 Å². The van der Waals surface area contributed by atoms with Crippen LogP contribution in [-0.4, -0.2) is 28.8 Å². The van der Waals surface area contributed by atoms with E-state index in [0.29, 0.717) is 22.4 Å². The first-order valence-electron chi connectivity index (χ1n) is 7.16. The second kappa shape index (κ2) is 8.19. The zero-order chi connectivity index (χ0) is 15.9. The lowest BCUT2D eigenvalue weighted by Gasteiger charge is -2.08. The molecule has 0 saturated carbocycles. The van der Waals surface area contributed by atoms with Crippen molar-refractivity contribution < 1.29 is 9.59 Å². The van der Waals surface area contributed by atoms with E-state index in [-0.39, 0.29) is 18.2 Å². The largest absolute Gasteiger partial charge is 0.325 e. The van der Waals surface area contributed by atoms with Crippen molar-refractivity contribution in [2.75, 3.05) is 11.9 Å². The molecule has 1 heterocycles. The molecule has 1 aromatic rings. The van der Waals surface area contributed by atoms with Crippen molar-refractivity contribution in [3.05, 3.63) is 29.3 Å². The number of carbonyl (C=O) groups is 2. The van der Waals surface area contributed by atoms with Crippen molar-refractivity contribution in [2.24, 2.45) is 4.99 Å². The molecule has 2 amide bonds. The van der Waals surface area contributed by atoms with Crippen LogP contribution in [-0.2, 0) is 9.59 Å². The number of unbranched alkanes of at least 4 members (excludes halogenated alkanes) is 1. The molecule has 0 unspecified atom stereocenters. The average Bonchev–Trinajstić information content (AvgIpc) is 2.82. The number of hydrogen-bond acceptors (Lipinski definition) is 4. The molecular weight excluding hydrogens is 322 g/mol. The lowest BCUT2D eigenvalue weighted by atomic mass is 10.2. The van der Waals surface area contributed by atoms with Crippen LogP contribution in [0.1, 0.15) is 26.2 Å². The maximum atomic E-state index is 12.0. The van der Waals surface area contributed by atoms with Gasteiger partial charge in [0.25, 0.3) is 0 Å². The van der Waals surface area contributed by atoms with Gasteiger partial charge in [0.1, 0.15) is 5.25 Å². The van der Waals surface area contributed by atoms with Gasteiger partial charge < -0.3 is 10.6 Å². The Labute approximate surface area is 138 Å². The normalized spacial score (nSPS) is 19.3. The molecule has 118 valence electrons. The first-order valence-corrected chi connectivity index (χ1v) is 8.42. The molecule has 1 aliphatic rings. The molecule has 0 bridgehead atoms. The fraction of sp³-hybridized carbons (Fsp3) is 0.400. The van der Waals surface area contributed by atoms with Crippen molar-refractivity contribution in [2.45, 2.75) is 31.4 Å². The minimum atomic E-state index is -0.442. The zero-order valence-corrected chi connectivity index (χ0v) is 13.8. The Balaban J connectivity index is 1.88. The second-order valence-corrected chi connectivity index (χ2v) is 6.47. The quantitative estimate of drug-likeness (QED) is 0.782. The maximum Gasteiger partial charge on any atom is 0.240 e. The van der Waals surface area contributed by atoms with Gasteiger partial charge in [-0.1, -0.05) is 48.8 Å². The van der Waals surface area contributed by atoms with Gasteiger partial charge in [0.2, 0.25) is 11.8 Å². The standard InChI is InChI=1S/C15H18ClN3O2S/c1-2-3-8-17-15-19-14(21)12(22-15)9-13(20)18-11-7-5-4-6-10(11)16/h4-7,12H,2-3,8-9H2,1H3,(H,18,20)(H,17,19,21)/t12-/m1/s1. The van der Waals surface area contributed by atoms with Crippen LogP contribution in [0.3, 0.4) is 0 Å². The van der Waals surface area contributed by atoms with E-state index in [0.717, 1.165) is 12.8 Å². The maximum absolute atomic E-state index is 12.0. The summed E-state index contributed by atoms with van der Waals surface area (Å²) >= 11 is 7.30. The van der Waals surface area contributed by atoms with Crippen LogP contribution < -0.4 is 10.6 Å². The highest BCUT2D eigenvalue weighted by molar-refractivity contribution is 8.15. The Morgan fingerprint density at radius 3 is 2.95 bits per heavy atom. The summed E-state index contributed by atoms with van der Waals surface area (Å²) in [7, 11) is 0. The van der Waals surface area contributed by atoms with Crippen molar-refractivity contribution in [1.29, 1.82) is 0 Å². The van der Waals surface area contributed by atoms with Crippen LogP contribution in [0.2, 0.25) is 5.02 Å². The minimum absolute atomic E-state index is 0.0918. The lowest BCUT2D eigenvalue weighted by Crippen LogP contribution is -2.28. The van der Waals surface area contributed by atoms with Gasteiger partial charge in [-0.15, -0.1) is 0 Å². The molecule has 1 aliphatic heterocycles. The molecule has 2 rings (SSSR count). The summed E-state index contributed by atoms with van der Waals surface area (Å²) in [5.41, 5.74) is 0.550. The monoisotopic (exact) mass is 339 g/mol. The van der Waals surface area contributed by atoms with Crippen molar-refractivity contribution in [1.82, 2.24) is 5.32 Å². The molecule has 1 fully saturated rings. The van der Waals surface area contributed by atoms with Crippen LogP contribution in [0.25, 0.3) is 0 Å². The number of thioether (sulfide) groups is 1. The smallest absolute Gasteiger partial charge is 0.240 e. The summed E-state index contributed by atoms with van der Waals surface area (Å²) in [4.78, 5) is 28.2. The summed E-state index contributed by atoms with van der Waals surface area (Å²) in [5.74, 6) is -0.412.